The number of amides is 1. The van der Waals surface area contributed by atoms with Gasteiger partial charge in [-0.2, -0.15) is 0 Å². The predicted octanol–water partition coefficient (Wildman–Crippen LogP) is 2.18. The SMILES string of the molecule is Nc1nccc(-c2ccc3c(c2)CCN3C(=O)[C@@H](N)Cc2ccccc2)n1. The van der Waals surface area contributed by atoms with Gasteiger partial charge in [0.1, 0.15) is 0 Å². The molecule has 3 aromatic rings. The maximum absolute atomic E-state index is 12.9. The number of carbonyl (C=O) groups excluding carboxylic acids is 1. The summed E-state index contributed by atoms with van der Waals surface area (Å²) < 4.78 is 0. The van der Waals surface area contributed by atoms with Gasteiger partial charge in [0.15, 0.2) is 0 Å². The fraction of sp³-hybridized carbons (Fsp3) is 0.190. The van der Waals surface area contributed by atoms with Crippen LogP contribution in [-0.2, 0) is 17.6 Å². The molecule has 0 saturated heterocycles. The van der Waals surface area contributed by atoms with E-state index in [9.17, 15) is 4.79 Å². The van der Waals surface area contributed by atoms with Gasteiger partial charge < -0.3 is 16.4 Å². The maximum atomic E-state index is 12.9. The average molecular weight is 359 g/mol. The number of benzene rings is 2. The van der Waals surface area contributed by atoms with Crippen LogP contribution in [0.2, 0.25) is 0 Å². The van der Waals surface area contributed by atoms with Gasteiger partial charge in [-0.15, -0.1) is 0 Å². The normalized spacial score (nSPS) is 14.0. The quantitative estimate of drug-likeness (QED) is 0.744. The largest absolute Gasteiger partial charge is 0.368 e. The molecule has 27 heavy (non-hydrogen) atoms. The number of nitrogen functional groups attached to an aromatic ring is 1. The highest BCUT2D eigenvalue weighted by atomic mass is 16.2. The maximum Gasteiger partial charge on any atom is 0.244 e. The highest BCUT2D eigenvalue weighted by Gasteiger charge is 2.28. The van der Waals surface area contributed by atoms with Crippen LogP contribution in [0, 0.1) is 0 Å². The molecular formula is C21H21N5O. The minimum Gasteiger partial charge on any atom is -0.368 e. The van der Waals surface area contributed by atoms with Crippen molar-refractivity contribution in [2.24, 2.45) is 5.73 Å². The minimum atomic E-state index is -0.556. The Morgan fingerprint density at radius 1 is 1.15 bits per heavy atom. The van der Waals surface area contributed by atoms with Gasteiger partial charge in [-0.3, -0.25) is 4.79 Å². The molecule has 2 heterocycles. The number of fused-ring (bicyclic) bond motifs is 1. The summed E-state index contributed by atoms with van der Waals surface area (Å²) in [5.41, 5.74) is 16.7. The van der Waals surface area contributed by atoms with E-state index in [2.05, 4.69) is 16.0 Å². The number of hydrogen-bond donors (Lipinski definition) is 2. The third-order valence-corrected chi connectivity index (χ3v) is 4.83. The van der Waals surface area contributed by atoms with E-state index in [0.29, 0.717) is 13.0 Å². The molecule has 0 spiro atoms. The zero-order chi connectivity index (χ0) is 18.8. The van der Waals surface area contributed by atoms with Crippen molar-refractivity contribution in [1.82, 2.24) is 9.97 Å². The molecule has 1 amide bonds. The molecule has 0 saturated carbocycles. The van der Waals surface area contributed by atoms with E-state index in [4.69, 9.17) is 11.5 Å². The van der Waals surface area contributed by atoms with Gasteiger partial charge in [0, 0.05) is 24.0 Å². The van der Waals surface area contributed by atoms with Crippen LogP contribution in [-0.4, -0.2) is 28.5 Å². The Kier molecular flexibility index (Phi) is 4.56. The third kappa shape index (κ3) is 3.52. The highest BCUT2D eigenvalue weighted by molar-refractivity contribution is 5.99. The zero-order valence-electron chi connectivity index (χ0n) is 14.9. The van der Waals surface area contributed by atoms with Crippen LogP contribution in [0.5, 0.6) is 0 Å². The molecular weight excluding hydrogens is 338 g/mol. The second-order valence-corrected chi connectivity index (χ2v) is 6.68. The fourth-order valence-electron chi connectivity index (χ4n) is 3.48. The number of aromatic nitrogens is 2. The molecule has 0 aliphatic carbocycles. The predicted molar refractivity (Wildman–Crippen MR) is 106 cm³/mol. The van der Waals surface area contributed by atoms with Crippen molar-refractivity contribution < 1.29 is 4.79 Å². The summed E-state index contributed by atoms with van der Waals surface area (Å²) in [4.78, 5) is 22.9. The first-order chi connectivity index (χ1) is 13.1. The van der Waals surface area contributed by atoms with Gasteiger partial charge in [0.25, 0.3) is 0 Å². The van der Waals surface area contributed by atoms with Crippen LogP contribution in [0.1, 0.15) is 11.1 Å². The van der Waals surface area contributed by atoms with Gasteiger partial charge in [-0.25, -0.2) is 9.97 Å². The fourth-order valence-corrected chi connectivity index (χ4v) is 3.48. The third-order valence-electron chi connectivity index (χ3n) is 4.83. The van der Waals surface area contributed by atoms with Gasteiger partial charge in [-0.1, -0.05) is 36.4 Å². The van der Waals surface area contributed by atoms with Crippen molar-refractivity contribution in [3.8, 4) is 11.3 Å². The van der Waals surface area contributed by atoms with Crippen LogP contribution < -0.4 is 16.4 Å². The lowest BCUT2D eigenvalue weighted by atomic mass is 10.0. The van der Waals surface area contributed by atoms with E-state index in [-0.39, 0.29) is 11.9 Å². The Morgan fingerprint density at radius 2 is 1.96 bits per heavy atom. The minimum absolute atomic E-state index is 0.0448. The highest BCUT2D eigenvalue weighted by Crippen LogP contribution is 2.32. The Hall–Kier alpha value is -3.25. The summed E-state index contributed by atoms with van der Waals surface area (Å²) in [6.07, 6.45) is 2.97. The lowest BCUT2D eigenvalue weighted by molar-refractivity contribution is -0.119. The van der Waals surface area contributed by atoms with Crippen molar-refractivity contribution in [3.05, 3.63) is 71.9 Å². The number of rotatable bonds is 4. The Morgan fingerprint density at radius 3 is 2.74 bits per heavy atom. The molecule has 0 bridgehead atoms. The van der Waals surface area contributed by atoms with Crippen molar-refractivity contribution in [2.45, 2.75) is 18.9 Å². The van der Waals surface area contributed by atoms with Crippen LogP contribution in [0.25, 0.3) is 11.3 Å². The van der Waals surface area contributed by atoms with Crippen LogP contribution in [0.15, 0.2) is 60.8 Å². The van der Waals surface area contributed by atoms with E-state index < -0.39 is 6.04 Å². The standard InChI is InChI=1S/C21H21N5O/c22-17(12-14-4-2-1-3-5-14)20(27)26-11-9-16-13-15(6-7-19(16)26)18-8-10-24-21(23)25-18/h1-8,10,13,17H,9,11-12,22H2,(H2,23,24,25)/t17-/m0/s1. The zero-order valence-corrected chi connectivity index (χ0v) is 14.9. The first-order valence-electron chi connectivity index (χ1n) is 8.94. The molecule has 4 rings (SSSR count). The molecule has 1 aliphatic heterocycles. The molecule has 2 aromatic carbocycles. The molecule has 6 heteroatoms. The first-order valence-corrected chi connectivity index (χ1v) is 8.94. The van der Waals surface area contributed by atoms with E-state index in [1.165, 1.54) is 0 Å². The number of carbonyl (C=O) groups is 1. The first kappa shape index (κ1) is 17.2. The topological polar surface area (TPSA) is 98.1 Å². The van der Waals surface area contributed by atoms with Crippen molar-refractivity contribution in [3.63, 3.8) is 0 Å². The van der Waals surface area contributed by atoms with Crippen molar-refractivity contribution in [2.75, 3.05) is 17.2 Å². The van der Waals surface area contributed by atoms with Gasteiger partial charge in [-0.05, 0) is 42.2 Å². The number of hydrogen-bond acceptors (Lipinski definition) is 5. The summed E-state index contributed by atoms with van der Waals surface area (Å²) in [6, 6.07) is 17.1. The molecule has 0 unspecified atom stereocenters. The summed E-state index contributed by atoms with van der Waals surface area (Å²) in [6.45, 7) is 0.645. The molecule has 1 aromatic heterocycles. The van der Waals surface area contributed by atoms with Crippen LogP contribution in [0.4, 0.5) is 11.6 Å². The van der Waals surface area contributed by atoms with Crippen LogP contribution >= 0.6 is 0 Å². The monoisotopic (exact) mass is 359 g/mol. The van der Waals surface area contributed by atoms with Crippen LogP contribution in [0.3, 0.4) is 0 Å². The van der Waals surface area contributed by atoms with Gasteiger partial charge in [0.05, 0.1) is 11.7 Å². The molecule has 136 valence electrons. The second kappa shape index (κ2) is 7.17. The summed E-state index contributed by atoms with van der Waals surface area (Å²) in [7, 11) is 0. The Labute approximate surface area is 157 Å². The van der Waals surface area contributed by atoms with Crippen molar-refractivity contribution >= 4 is 17.5 Å². The van der Waals surface area contributed by atoms with Crippen molar-refractivity contribution in [1.29, 1.82) is 0 Å². The average Bonchev–Trinajstić information content (AvgIpc) is 3.11. The van der Waals surface area contributed by atoms with E-state index in [0.717, 1.165) is 34.5 Å². The second-order valence-electron chi connectivity index (χ2n) is 6.68. The summed E-state index contributed by atoms with van der Waals surface area (Å²) in [5, 5.41) is 0. The number of nitrogens with two attached hydrogens (primary N) is 2. The molecule has 6 nitrogen and oxygen atoms in total. The molecule has 4 N–H and O–H groups in total. The number of nitrogens with zero attached hydrogens (tertiary/aromatic N) is 3. The smallest absolute Gasteiger partial charge is 0.244 e. The summed E-state index contributed by atoms with van der Waals surface area (Å²) >= 11 is 0. The lowest BCUT2D eigenvalue weighted by Crippen LogP contribution is -2.44. The Balaban J connectivity index is 1.54. The molecule has 0 radical (unpaired) electrons. The van der Waals surface area contributed by atoms with Gasteiger partial charge >= 0.3 is 0 Å². The molecule has 1 atom stereocenters. The molecule has 0 fully saturated rings. The van der Waals surface area contributed by atoms with Gasteiger partial charge in [0.2, 0.25) is 11.9 Å². The van der Waals surface area contributed by atoms with E-state index in [1.807, 2.05) is 48.5 Å². The van der Waals surface area contributed by atoms with E-state index in [1.54, 1.807) is 11.1 Å². The van der Waals surface area contributed by atoms with E-state index >= 15 is 0 Å². The Bertz CT molecular complexity index is 973. The molecule has 1 aliphatic rings. The lowest BCUT2D eigenvalue weighted by Gasteiger charge is -2.22. The number of anilines is 2. The summed E-state index contributed by atoms with van der Waals surface area (Å²) in [5.74, 6) is 0.202.